The third-order valence-electron chi connectivity index (χ3n) is 4.37. The van der Waals surface area contributed by atoms with Gasteiger partial charge in [-0.2, -0.15) is 0 Å². The van der Waals surface area contributed by atoms with Crippen molar-refractivity contribution < 1.29 is 14.7 Å². The molecule has 120 valence electrons. The Balaban J connectivity index is 1.94. The molecule has 0 atom stereocenters. The lowest BCUT2D eigenvalue weighted by atomic mass is 9.86. The topological polar surface area (TPSA) is 85.1 Å². The van der Waals surface area contributed by atoms with Gasteiger partial charge in [-0.05, 0) is 30.5 Å². The fourth-order valence-corrected chi connectivity index (χ4v) is 3.26. The first-order valence-corrected chi connectivity index (χ1v) is 7.91. The van der Waals surface area contributed by atoms with Crippen LogP contribution in [0.4, 0.5) is 0 Å². The molecule has 1 aliphatic rings. The van der Waals surface area contributed by atoms with Gasteiger partial charge in [-0.3, -0.25) is 9.59 Å². The van der Waals surface area contributed by atoms with Gasteiger partial charge in [0.1, 0.15) is 5.69 Å². The Hall–Kier alpha value is -2.50. The molecule has 1 fully saturated rings. The highest BCUT2D eigenvalue weighted by molar-refractivity contribution is 5.74. The van der Waals surface area contributed by atoms with Crippen molar-refractivity contribution in [3.8, 4) is 5.69 Å². The highest BCUT2D eigenvalue weighted by atomic mass is 16.4. The minimum absolute atomic E-state index is 0.00724. The maximum atomic E-state index is 11.3. The van der Waals surface area contributed by atoms with Crippen LogP contribution in [0.25, 0.3) is 5.69 Å². The van der Waals surface area contributed by atoms with E-state index in [-0.39, 0.29) is 6.42 Å². The van der Waals surface area contributed by atoms with Crippen molar-refractivity contribution in [2.75, 3.05) is 0 Å². The van der Waals surface area contributed by atoms with E-state index < -0.39 is 5.97 Å². The Kier molecular flexibility index (Phi) is 4.50. The van der Waals surface area contributed by atoms with Gasteiger partial charge in [0.15, 0.2) is 6.29 Å². The molecule has 0 saturated heterocycles. The molecule has 6 nitrogen and oxygen atoms in total. The molecule has 1 N–H and O–H groups in total. The van der Waals surface area contributed by atoms with E-state index in [9.17, 15) is 9.59 Å². The first-order chi connectivity index (χ1) is 11.2. The maximum Gasteiger partial charge on any atom is 0.307 e. The molecule has 1 aromatic carbocycles. The van der Waals surface area contributed by atoms with Crippen LogP contribution in [0, 0.1) is 0 Å². The van der Waals surface area contributed by atoms with Crippen molar-refractivity contribution in [2.24, 2.45) is 0 Å². The smallest absolute Gasteiger partial charge is 0.307 e. The fourth-order valence-electron chi connectivity index (χ4n) is 3.26. The Bertz CT molecular complexity index is 700. The molecule has 6 heteroatoms. The van der Waals surface area contributed by atoms with E-state index in [1.165, 1.54) is 6.42 Å². The maximum absolute atomic E-state index is 11.3. The third kappa shape index (κ3) is 3.31. The molecule has 3 rings (SSSR count). The van der Waals surface area contributed by atoms with Gasteiger partial charge in [0, 0.05) is 5.92 Å². The lowest BCUT2D eigenvalue weighted by molar-refractivity contribution is -0.136. The van der Waals surface area contributed by atoms with Crippen molar-refractivity contribution in [3.05, 3.63) is 41.2 Å². The molecule has 1 saturated carbocycles. The number of hydrogen-bond acceptors (Lipinski definition) is 4. The number of aldehydes is 1. The Morgan fingerprint density at radius 2 is 1.91 bits per heavy atom. The molecular weight excluding hydrogens is 294 g/mol. The summed E-state index contributed by atoms with van der Waals surface area (Å²) in [6.07, 6.45) is 6.41. The summed E-state index contributed by atoms with van der Waals surface area (Å²) in [7, 11) is 0. The van der Waals surface area contributed by atoms with Crippen LogP contribution in [-0.4, -0.2) is 32.4 Å². The Morgan fingerprint density at radius 3 is 2.52 bits per heavy atom. The molecule has 0 aliphatic heterocycles. The van der Waals surface area contributed by atoms with Crippen molar-refractivity contribution in [2.45, 2.75) is 44.4 Å². The second kappa shape index (κ2) is 6.73. The predicted molar refractivity (Wildman–Crippen MR) is 83.9 cm³/mol. The minimum Gasteiger partial charge on any atom is -0.481 e. The number of aliphatic carboxylic acids is 1. The first-order valence-electron chi connectivity index (χ1n) is 7.91. The molecule has 1 aliphatic carbocycles. The number of aromatic nitrogens is 3. The molecule has 23 heavy (non-hydrogen) atoms. The summed E-state index contributed by atoms with van der Waals surface area (Å²) >= 11 is 0. The fraction of sp³-hybridized carbons (Fsp3) is 0.412. The highest BCUT2D eigenvalue weighted by Crippen LogP contribution is 2.34. The number of hydrogen-bond donors (Lipinski definition) is 1. The monoisotopic (exact) mass is 313 g/mol. The molecule has 1 heterocycles. The highest BCUT2D eigenvalue weighted by Gasteiger charge is 2.24. The van der Waals surface area contributed by atoms with E-state index in [4.69, 9.17) is 5.11 Å². The molecule has 0 unspecified atom stereocenters. The SMILES string of the molecule is O=Cc1nnn(-c2ccc(CC(=O)O)cc2)c1C1CCCCC1. The van der Waals surface area contributed by atoms with Crippen molar-refractivity contribution in [1.29, 1.82) is 0 Å². The van der Waals surface area contributed by atoms with Gasteiger partial charge in [0.2, 0.25) is 0 Å². The molecule has 1 aromatic heterocycles. The molecule has 0 amide bonds. The van der Waals surface area contributed by atoms with Gasteiger partial charge in [-0.25, -0.2) is 4.68 Å². The number of carbonyl (C=O) groups excluding carboxylic acids is 1. The number of carboxylic acid groups (broad SMARTS) is 1. The summed E-state index contributed by atoms with van der Waals surface area (Å²) in [6.45, 7) is 0. The van der Waals surface area contributed by atoms with E-state index in [0.717, 1.165) is 48.9 Å². The van der Waals surface area contributed by atoms with Gasteiger partial charge >= 0.3 is 5.97 Å². The van der Waals surface area contributed by atoms with Crippen LogP contribution in [0.1, 0.15) is 59.8 Å². The van der Waals surface area contributed by atoms with Crippen molar-refractivity contribution >= 4 is 12.3 Å². The number of nitrogens with zero attached hydrogens (tertiary/aromatic N) is 3. The van der Waals surface area contributed by atoms with Gasteiger partial charge in [-0.15, -0.1) is 5.10 Å². The van der Waals surface area contributed by atoms with Gasteiger partial charge in [0.25, 0.3) is 0 Å². The van der Waals surface area contributed by atoms with Crippen LogP contribution in [-0.2, 0) is 11.2 Å². The lowest BCUT2D eigenvalue weighted by Gasteiger charge is -2.22. The van der Waals surface area contributed by atoms with Crippen LogP contribution < -0.4 is 0 Å². The standard InChI is InChI=1S/C17H19N3O3/c21-11-15-17(13-4-2-1-3-5-13)20(19-18-15)14-8-6-12(7-9-14)10-16(22)23/h6-9,11,13H,1-5,10H2,(H,22,23). The molecule has 2 aromatic rings. The lowest BCUT2D eigenvalue weighted by Crippen LogP contribution is -2.12. The number of carbonyl (C=O) groups is 2. The molecule has 0 bridgehead atoms. The average Bonchev–Trinajstić information content (AvgIpc) is 3.00. The van der Waals surface area contributed by atoms with Crippen LogP contribution in [0.3, 0.4) is 0 Å². The Morgan fingerprint density at radius 1 is 1.22 bits per heavy atom. The zero-order valence-corrected chi connectivity index (χ0v) is 12.8. The largest absolute Gasteiger partial charge is 0.481 e. The number of benzene rings is 1. The quantitative estimate of drug-likeness (QED) is 0.858. The second-order valence-corrected chi connectivity index (χ2v) is 5.96. The molecule has 0 spiro atoms. The summed E-state index contributed by atoms with van der Waals surface area (Å²) in [5, 5.41) is 17.0. The zero-order valence-electron chi connectivity index (χ0n) is 12.8. The van der Waals surface area contributed by atoms with Gasteiger partial charge < -0.3 is 5.11 Å². The average molecular weight is 313 g/mol. The van der Waals surface area contributed by atoms with Crippen LogP contribution >= 0.6 is 0 Å². The number of carboxylic acids is 1. The van der Waals surface area contributed by atoms with Crippen molar-refractivity contribution in [3.63, 3.8) is 0 Å². The summed E-state index contributed by atoms with van der Waals surface area (Å²) in [5.41, 5.74) is 2.83. The van der Waals surface area contributed by atoms with Crippen molar-refractivity contribution in [1.82, 2.24) is 15.0 Å². The van der Waals surface area contributed by atoms with E-state index >= 15 is 0 Å². The van der Waals surface area contributed by atoms with Gasteiger partial charge in [0.05, 0.1) is 17.8 Å². The van der Waals surface area contributed by atoms with Gasteiger partial charge in [-0.1, -0.05) is 36.6 Å². The van der Waals surface area contributed by atoms with Crippen LogP contribution in [0.15, 0.2) is 24.3 Å². The second-order valence-electron chi connectivity index (χ2n) is 5.96. The van der Waals surface area contributed by atoms with E-state index in [2.05, 4.69) is 10.3 Å². The summed E-state index contributed by atoms with van der Waals surface area (Å²) in [5.74, 6) is -0.553. The summed E-state index contributed by atoms with van der Waals surface area (Å²) in [4.78, 5) is 22.1. The molecular formula is C17H19N3O3. The predicted octanol–water partition coefficient (Wildman–Crippen LogP) is 2.75. The van der Waals surface area contributed by atoms with E-state index in [1.54, 1.807) is 16.8 Å². The Labute approximate surface area is 134 Å². The third-order valence-corrected chi connectivity index (χ3v) is 4.37. The zero-order chi connectivity index (χ0) is 16.2. The first kappa shape index (κ1) is 15.4. The normalized spacial score (nSPS) is 15.5. The molecule has 0 radical (unpaired) electrons. The van der Waals surface area contributed by atoms with E-state index in [0.29, 0.717) is 11.6 Å². The summed E-state index contributed by atoms with van der Waals surface area (Å²) < 4.78 is 1.73. The van der Waals surface area contributed by atoms with Crippen LogP contribution in [0.5, 0.6) is 0 Å². The summed E-state index contributed by atoms with van der Waals surface area (Å²) in [6, 6.07) is 7.20. The minimum atomic E-state index is -0.857. The van der Waals surface area contributed by atoms with Crippen LogP contribution in [0.2, 0.25) is 0 Å². The number of rotatable bonds is 5. The van der Waals surface area contributed by atoms with E-state index in [1.807, 2.05) is 12.1 Å².